The first-order valence-electron chi connectivity index (χ1n) is 11.3. The Labute approximate surface area is 185 Å². The zero-order valence-electron chi connectivity index (χ0n) is 19.3. The first kappa shape index (κ1) is 21.4. The highest BCUT2D eigenvalue weighted by Gasteiger charge is 2.26. The van der Waals surface area contributed by atoms with Crippen LogP contribution in [0.4, 0.5) is 17.1 Å². The molecule has 0 aromatic heterocycles. The van der Waals surface area contributed by atoms with Gasteiger partial charge in [-0.1, -0.05) is 25.3 Å². The Morgan fingerprint density at radius 2 is 1.84 bits per heavy atom. The molecule has 2 aliphatic rings. The van der Waals surface area contributed by atoms with Gasteiger partial charge in [0.05, 0.1) is 29.7 Å². The van der Waals surface area contributed by atoms with Gasteiger partial charge < -0.3 is 15.0 Å². The van der Waals surface area contributed by atoms with Crippen LogP contribution in [0, 0.1) is 19.8 Å². The van der Waals surface area contributed by atoms with Crippen LogP contribution in [0.1, 0.15) is 59.2 Å². The van der Waals surface area contributed by atoms with Crippen molar-refractivity contribution < 1.29 is 9.53 Å². The van der Waals surface area contributed by atoms with Crippen LogP contribution < -0.4 is 15.0 Å². The average molecular weight is 420 g/mol. The van der Waals surface area contributed by atoms with Crippen LogP contribution in [0.5, 0.6) is 5.75 Å². The fraction of sp³-hybridized carbons (Fsp3) is 0.462. The Bertz CT molecular complexity index is 1030. The lowest BCUT2D eigenvalue weighted by atomic mass is 9.84. The summed E-state index contributed by atoms with van der Waals surface area (Å²) in [5.74, 6) is 1.05. The number of aryl methyl sites for hydroxylation is 2. The molecule has 0 spiro atoms. The Kier molecular flexibility index (Phi) is 6.03. The summed E-state index contributed by atoms with van der Waals surface area (Å²) >= 11 is 0. The fourth-order valence-corrected chi connectivity index (χ4v) is 4.96. The van der Waals surface area contributed by atoms with Crippen molar-refractivity contribution in [2.75, 3.05) is 31.4 Å². The number of methoxy groups -OCH3 is 1. The smallest absolute Gasteiger partial charge is 0.259 e. The van der Waals surface area contributed by atoms with Crippen LogP contribution in [-0.2, 0) is 6.42 Å². The maximum absolute atomic E-state index is 13.3. The summed E-state index contributed by atoms with van der Waals surface area (Å²) in [7, 11) is 5.62. The lowest BCUT2D eigenvalue weighted by Gasteiger charge is -2.21. The number of nitrogens with zero attached hydrogens (tertiary/aromatic N) is 2. The van der Waals surface area contributed by atoms with Gasteiger partial charge in [-0.15, -0.1) is 0 Å². The normalized spacial score (nSPS) is 16.0. The molecule has 164 valence electrons. The van der Waals surface area contributed by atoms with E-state index in [2.05, 4.69) is 11.4 Å². The lowest BCUT2D eigenvalue weighted by Crippen LogP contribution is -2.19. The quantitative estimate of drug-likeness (QED) is 0.662. The van der Waals surface area contributed by atoms with Crippen molar-refractivity contribution in [2.45, 2.75) is 52.4 Å². The predicted octanol–water partition coefficient (Wildman–Crippen LogP) is 5.84. The highest BCUT2D eigenvalue weighted by atomic mass is 16.5. The second-order valence-corrected chi connectivity index (χ2v) is 9.12. The van der Waals surface area contributed by atoms with E-state index in [-0.39, 0.29) is 5.91 Å². The lowest BCUT2D eigenvalue weighted by molar-refractivity contribution is 0.102. The Morgan fingerprint density at radius 1 is 1.10 bits per heavy atom. The van der Waals surface area contributed by atoms with E-state index in [9.17, 15) is 4.79 Å². The van der Waals surface area contributed by atoms with Gasteiger partial charge in [-0.2, -0.15) is 0 Å². The summed E-state index contributed by atoms with van der Waals surface area (Å²) in [6.07, 6.45) is 7.40. The van der Waals surface area contributed by atoms with Gasteiger partial charge >= 0.3 is 0 Å². The number of nitrogens with one attached hydrogen (secondary N) is 1. The average Bonchev–Trinajstić information content (AvgIpc) is 3.16. The third-order valence-electron chi connectivity index (χ3n) is 6.53. The SMILES string of the molecule is COc1cc(C)cc(C)c1C(=O)Nc1cc2c(cc1N(C)C)CC(C1CCCCC1)=N2. The predicted molar refractivity (Wildman–Crippen MR) is 129 cm³/mol. The summed E-state index contributed by atoms with van der Waals surface area (Å²) in [5.41, 5.74) is 7.89. The van der Waals surface area contributed by atoms with E-state index in [1.54, 1.807) is 7.11 Å². The third kappa shape index (κ3) is 4.32. The van der Waals surface area contributed by atoms with Crippen molar-refractivity contribution in [3.05, 3.63) is 46.5 Å². The standard InChI is InChI=1S/C26H33N3O2/c1-16-11-17(2)25(24(12-16)31-5)26(30)28-22-15-21-19(14-23(22)29(3)4)13-20(27-21)18-9-7-6-8-10-18/h11-12,14-15,18H,6-10,13H2,1-5H3,(H,28,30). The minimum atomic E-state index is -0.160. The molecule has 31 heavy (non-hydrogen) atoms. The minimum absolute atomic E-state index is 0.160. The van der Waals surface area contributed by atoms with Gasteiger partial charge in [0.2, 0.25) is 0 Å². The number of hydrogen-bond acceptors (Lipinski definition) is 4. The number of aliphatic imine (C=N–C) groups is 1. The number of ether oxygens (including phenoxy) is 1. The van der Waals surface area contributed by atoms with Gasteiger partial charge in [0.15, 0.2) is 0 Å². The van der Waals surface area contributed by atoms with Crippen LogP contribution in [0.25, 0.3) is 0 Å². The molecule has 2 aromatic rings. The number of anilines is 2. The van der Waals surface area contributed by atoms with Crippen LogP contribution in [-0.4, -0.2) is 32.8 Å². The molecule has 1 N–H and O–H groups in total. The molecular formula is C26H33N3O2. The molecule has 2 aromatic carbocycles. The molecule has 5 nitrogen and oxygen atoms in total. The number of carbonyl (C=O) groups excluding carboxylic acids is 1. The molecule has 1 fully saturated rings. The van der Waals surface area contributed by atoms with Crippen LogP contribution in [0.15, 0.2) is 29.3 Å². The zero-order valence-corrected chi connectivity index (χ0v) is 19.3. The first-order valence-corrected chi connectivity index (χ1v) is 11.3. The number of carbonyl (C=O) groups is 1. The number of amides is 1. The topological polar surface area (TPSA) is 53.9 Å². The molecule has 1 saturated carbocycles. The van der Waals surface area contributed by atoms with E-state index in [1.807, 2.05) is 51.0 Å². The number of rotatable bonds is 5. The first-order chi connectivity index (χ1) is 14.9. The molecule has 1 aliphatic heterocycles. The van der Waals surface area contributed by atoms with E-state index in [0.717, 1.165) is 34.6 Å². The molecule has 5 heteroatoms. The van der Waals surface area contributed by atoms with Gasteiger partial charge in [0, 0.05) is 26.2 Å². The second-order valence-electron chi connectivity index (χ2n) is 9.12. The van der Waals surface area contributed by atoms with Crippen LogP contribution >= 0.6 is 0 Å². The van der Waals surface area contributed by atoms with E-state index in [1.165, 1.54) is 43.4 Å². The highest BCUT2D eigenvalue weighted by Crippen LogP contribution is 2.40. The molecule has 4 rings (SSSR count). The number of hydrogen-bond donors (Lipinski definition) is 1. The molecule has 1 aliphatic carbocycles. The molecule has 1 heterocycles. The molecule has 1 amide bonds. The summed E-state index contributed by atoms with van der Waals surface area (Å²) in [4.78, 5) is 20.3. The van der Waals surface area contributed by atoms with Gasteiger partial charge in [-0.3, -0.25) is 9.79 Å². The summed E-state index contributed by atoms with van der Waals surface area (Å²) in [6.45, 7) is 3.95. The van der Waals surface area contributed by atoms with Crippen molar-refractivity contribution in [3.8, 4) is 5.75 Å². The summed E-state index contributed by atoms with van der Waals surface area (Å²) < 4.78 is 5.51. The van der Waals surface area contributed by atoms with Crippen LogP contribution in [0.2, 0.25) is 0 Å². The molecule has 0 bridgehead atoms. The maximum Gasteiger partial charge on any atom is 0.259 e. The van der Waals surface area contributed by atoms with E-state index in [4.69, 9.17) is 9.73 Å². The van der Waals surface area contributed by atoms with E-state index >= 15 is 0 Å². The van der Waals surface area contributed by atoms with Crippen molar-refractivity contribution in [1.82, 2.24) is 0 Å². The Hall–Kier alpha value is -2.82. The Morgan fingerprint density at radius 3 is 2.52 bits per heavy atom. The molecule has 0 saturated heterocycles. The van der Waals surface area contributed by atoms with Crippen molar-refractivity contribution >= 4 is 28.7 Å². The van der Waals surface area contributed by atoms with E-state index < -0.39 is 0 Å². The fourth-order valence-electron chi connectivity index (χ4n) is 4.96. The number of fused-ring (bicyclic) bond motifs is 1. The second kappa shape index (κ2) is 8.74. The van der Waals surface area contributed by atoms with Gasteiger partial charge in [0.1, 0.15) is 5.75 Å². The molecule has 0 unspecified atom stereocenters. The Balaban J connectivity index is 1.66. The number of benzene rings is 2. The molecular weight excluding hydrogens is 386 g/mol. The minimum Gasteiger partial charge on any atom is -0.496 e. The highest BCUT2D eigenvalue weighted by molar-refractivity contribution is 6.09. The van der Waals surface area contributed by atoms with Crippen LogP contribution in [0.3, 0.4) is 0 Å². The summed E-state index contributed by atoms with van der Waals surface area (Å²) in [6, 6.07) is 8.13. The van der Waals surface area contributed by atoms with Gasteiger partial charge in [-0.05, 0) is 67.5 Å². The summed E-state index contributed by atoms with van der Waals surface area (Å²) in [5, 5.41) is 3.14. The van der Waals surface area contributed by atoms with Gasteiger partial charge in [-0.25, -0.2) is 0 Å². The monoisotopic (exact) mass is 419 g/mol. The third-order valence-corrected chi connectivity index (χ3v) is 6.53. The molecule has 0 radical (unpaired) electrons. The molecule has 0 atom stereocenters. The van der Waals surface area contributed by atoms with Crippen molar-refractivity contribution in [1.29, 1.82) is 0 Å². The zero-order chi connectivity index (χ0) is 22.1. The van der Waals surface area contributed by atoms with Gasteiger partial charge in [0.25, 0.3) is 5.91 Å². The maximum atomic E-state index is 13.3. The van der Waals surface area contributed by atoms with Crippen molar-refractivity contribution in [3.63, 3.8) is 0 Å². The van der Waals surface area contributed by atoms with E-state index in [0.29, 0.717) is 17.2 Å². The van der Waals surface area contributed by atoms with Crippen molar-refractivity contribution in [2.24, 2.45) is 10.9 Å². The largest absolute Gasteiger partial charge is 0.496 e.